The van der Waals surface area contributed by atoms with Gasteiger partial charge in [-0.05, 0) is 18.9 Å². The first-order chi connectivity index (χ1) is 7.88. The molecule has 0 spiro atoms. The third-order valence-corrected chi connectivity index (χ3v) is 2.55. The molecule has 8 heteroatoms. The van der Waals surface area contributed by atoms with Crippen molar-refractivity contribution >= 4 is 5.82 Å². The van der Waals surface area contributed by atoms with Gasteiger partial charge in [-0.2, -0.15) is 13.8 Å². The summed E-state index contributed by atoms with van der Waals surface area (Å²) in [4.78, 5) is 14.9. The standard InChI is InChI=1S/C9H11F2N3O3/c10-9(11,16)5-1-2-7(17-5)14-4-3-6(12)13-8(14)15/h3-5,7,16H,1-2H2,(H2,12,13,15)/t5-,7+/m0/s1. The predicted molar refractivity (Wildman–Crippen MR) is 53.2 cm³/mol. The second kappa shape index (κ2) is 4.04. The molecular weight excluding hydrogens is 236 g/mol. The van der Waals surface area contributed by atoms with Crippen LogP contribution < -0.4 is 11.4 Å². The van der Waals surface area contributed by atoms with E-state index in [0.29, 0.717) is 0 Å². The molecule has 1 fully saturated rings. The summed E-state index contributed by atoms with van der Waals surface area (Å²) >= 11 is 0. The van der Waals surface area contributed by atoms with Crippen molar-refractivity contribution in [2.75, 3.05) is 5.73 Å². The zero-order valence-electron chi connectivity index (χ0n) is 8.72. The number of aromatic nitrogens is 2. The molecule has 17 heavy (non-hydrogen) atoms. The Morgan fingerprint density at radius 2 is 2.29 bits per heavy atom. The average Bonchev–Trinajstić information content (AvgIpc) is 2.65. The van der Waals surface area contributed by atoms with E-state index in [1.54, 1.807) is 0 Å². The molecule has 1 saturated heterocycles. The Morgan fingerprint density at radius 3 is 2.82 bits per heavy atom. The highest BCUT2D eigenvalue weighted by Crippen LogP contribution is 2.34. The lowest BCUT2D eigenvalue weighted by atomic mass is 10.2. The smallest absolute Gasteiger partial charge is 0.379 e. The molecule has 94 valence electrons. The first-order valence-electron chi connectivity index (χ1n) is 4.98. The molecule has 2 heterocycles. The summed E-state index contributed by atoms with van der Waals surface area (Å²) in [7, 11) is 0. The van der Waals surface area contributed by atoms with E-state index in [9.17, 15) is 13.6 Å². The Kier molecular flexibility index (Phi) is 2.84. The lowest BCUT2D eigenvalue weighted by Crippen LogP contribution is -2.34. The van der Waals surface area contributed by atoms with Gasteiger partial charge in [-0.1, -0.05) is 0 Å². The molecule has 0 aliphatic carbocycles. The Balaban J connectivity index is 2.18. The molecule has 6 nitrogen and oxygen atoms in total. The first kappa shape index (κ1) is 11.9. The molecule has 0 radical (unpaired) electrons. The normalized spacial score (nSPS) is 25.1. The zero-order chi connectivity index (χ0) is 12.6. The van der Waals surface area contributed by atoms with Crippen LogP contribution >= 0.6 is 0 Å². The quantitative estimate of drug-likeness (QED) is 0.772. The van der Waals surface area contributed by atoms with Gasteiger partial charge in [0.15, 0.2) is 6.10 Å². The minimum absolute atomic E-state index is 0.0367. The van der Waals surface area contributed by atoms with Crippen LogP contribution in [0.25, 0.3) is 0 Å². The summed E-state index contributed by atoms with van der Waals surface area (Å²) in [5, 5.41) is 8.51. The van der Waals surface area contributed by atoms with Gasteiger partial charge in [-0.15, -0.1) is 0 Å². The summed E-state index contributed by atoms with van der Waals surface area (Å²) in [6, 6.07) is 1.37. The molecule has 0 unspecified atom stereocenters. The van der Waals surface area contributed by atoms with Crippen molar-refractivity contribution in [2.45, 2.75) is 31.3 Å². The molecule has 1 aliphatic heterocycles. The molecule has 0 bridgehead atoms. The summed E-state index contributed by atoms with van der Waals surface area (Å²) in [6.45, 7) is 0. The van der Waals surface area contributed by atoms with Gasteiger partial charge in [0, 0.05) is 6.20 Å². The number of nitrogens with two attached hydrogens (primary N) is 1. The summed E-state index contributed by atoms with van der Waals surface area (Å²) < 4.78 is 31.2. The molecule has 1 aromatic heterocycles. The number of nitrogens with zero attached hydrogens (tertiary/aromatic N) is 2. The van der Waals surface area contributed by atoms with E-state index in [0.717, 1.165) is 4.57 Å². The van der Waals surface area contributed by atoms with Gasteiger partial charge in [-0.25, -0.2) is 4.79 Å². The molecular formula is C9H11F2N3O3. The van der Waals surface area contributed by atoms with E-state index >= 15 is 0 Å². The number of rotatable bonds is 2. The number of ether oxygens (including phenoxy) is 1. The Bertz CT molecular complexity index is 471. The van der Waals surface area contributed by atoms with Crippen LogP contribution in [0, 0.1) is 0 Å². The van der Waals surface area contributed by atoms with Crippen molar-refractivity contribution in [2.24, 2.45) is 0 Å². The zero-order valence-corrected chi connectivity index (χ0v) is 8.72. The van der Waals surface area contributed by atoms with Gasteiger partial charge < -0.3 is 15.6 Å². The second-order valence-corrected chi connectivity index (χ2v) is 3.79. The van der Waals surface area contributed by atoms with E-state index in [4.69, 9.17) is 15.6 Å². The van der Waals surface area contributed by atoms with Crippen molar-refractivity contribution < 1.29 is 18.6 Å². The Labute approximate surface area is 94.6 Å². The maximum Gasteiger partial charge on any atom is 0.379 e. The van der Waals surface area contributed by atoms with Crippen LogP contribution in [0.5, 0.6) is 0 Å². The molecule has 0 saturated carbocycles. The second-order valence-electron chi connectivity index (χ2n) is 3.79. The molecule has 3 N–H and O–H groups in total. The van der Waals surface area contributed by atoms with Gasteiger partial charge in [0.25, 0.3) is 0 Å². The van der Waals surface area contributed by atoms with E-state index in [1.165, 1.54) is 12.3 Å². The van der Waals surface area contributed by atoms with Gasteiger partial charge in [-0.3, -0.25) is 4.57 Å². The molecule has 0 amide bonds. The maximum absolute atomic E-state index is 12.6. The van der Waals surface area contributed by atoms with Crippen LogP contribution in [0.4, 0.5) is 14.6 Å². The van der Waals surface area contributed by atoms with Crippen LogP contribution in [0.2, 0.25) is 0 Å². The van der Waals surface area contributed by atoms with E-state index in [-0.39, 0.29) is 18.7 Å². The highest BCUT2D eigenvalue weighted by molar-refractivity contribution is 5.23. The molecule has 1 aromatic rings. The topological polar surface area (TPSA) is 90.4 Å². The van der Waals surface area contributed by atoms with Gasteiger partial charge in [0.2, 0.25) is 0 Å². The van der Waals surface area contributed by atoms with Gasteiger partial charge in [0.05, 0.1) is 0 Å². The number of anilines is 1. The number of hydrogen-bond acceptors (Lipinski definition) is 5. The fourth-order valence-electron chi connectivity index (χ4n) is 1.72. The van der Waals surface area contributed by atoms with Crippen LogP contribution in [0.15, 0.2) is 17.1 Å². The van der Waals surface area contributed by atoms with Crippen LogP contribution in [-0.4, -0.2) is 26.9 Å². The van der Waals surface area contributed by atoms with E-state index in [2.05, 4.69) is 4.98 Å². The largest absolute Gasteiger partial charge is 0.383 e. The van der Waals surface area contributed by atoms with E-state index < -0.39 is 24.1 Å². The van der Waals surface area contributed by atoms with Crippen molar-refractivity contribution in [3.8, 4) is 0 Å². The highest BCUT2D eigenvalue weighted by Gasteiger charge is 2.44. The predicted octanol–water partition coefficient (Wildman–Crippen LogP) is 0.0882. The number of nitrogen functional groups attached to an aromatic ring is 1. The minimum atomic E-state index is -3.90. The number of halogens is 2. The Morgan fingerprint density at radius 1 is 1.59 bits per heavy atom. The summed E-state index contributed by atoms with van der Waals surface area (Å²) in [5.41, 5.74) is 4.63. The third-order valence-electron chi connectivity index (χ3n) is 2.55. The number of alkyl halides is 2. The van der Waals surface area contributed by atoms with Crippen LogP contribution in [0.1, 0.15) is 19.1 Å². The molecule has 1 aliphatic rings. The minimum Gasteiger partial charge on any atom is -0.383 e. The highest BCUT2D eigenvalue weighted by atomic mass is 19.3. The summed E-state index contributed by atoms with van der Waals surface area (Å²) in [6.07, 6.45) is -4.86. The van der Waals surface area contributed by atoms with E-state index in [1.807, 2.05) is 0 Å². The monoisotopic (exact) mass is 247 g/mol. The first-order valence-corrected chi connectivity index (χ1v) is 4.98. The lowest BCUT2D eigenvalue weighted by molar-refractivity contribution is -0.270. The summed E-state index contributed by atoms with van der Waals surface area (Å²) in [5.74, 6) is 0.0493. The third kappa shape index (κ3) is 2.42. The SMILES string of the molecule is Nc1ccn([C@H]2CC[C@@H](C(O)(F)F)O2)c(=O)n1. The molecule has 2 atom stereocenters. The van der Waals surface area contributed by atoms with Crippen molar-refractivity contribution in [3.05, 3.63) is 22.7 Å². The molecule has 2 rings (SSSR count). The lowest BCUT2D eigenvalue weighted by Gasteiger charge is -2.18. The van der Waals surface area contributed by atoms with Crippen LogP contribution in [-0.2, 0) is 4.74 Å². The molecule has 0 aromatic carbocycles. The fourth-order valence-corrected chi connectivity index (χ4v) is 1.72. The fraction of sp³-hybridized carbons (Fsp3) is 0.556. The van der Waals surface area contributed by atoms with Crippen molar-refractivity contribution in [1.82, 2.24) is 9.55 Å². The number of hydrogen-bond donors (Lipinski definition) is 2. The van der Waals surface area contributed by atoms with Gasteiger partial charge >= 0.3 is 11.8 Å². The maximum atomic E-state index is 12.6. The van der Waals surface area contributed by atoms with Gasteiger partial charge in [0.1, 0.15) is 12.0 Å². The number of aliphatic hydroxyl groups is 1. The van der Waals surface area contributed by atoms with Crippen LogP contribution in [0.3, 0.4) is 0 Å². The average molecular weight is 247 g/mol. The van der Waals surface area contributed by atoms with Crippen molar-refractivity contribution in [1.29, 1.82) is 0 Å². The Hall–Kier alpha value is -1.54. The van der Waals surface area contributed by atoms with Crippen molar-refractivity contribution in [3.63, 3.8) is 0 Å².